The van der Waals surface area contributed by atoms with E-state index in [0.717, 1.165) is 18.5 Å². The Balaban J connectivity index is 2.08. The van der Waals surface area contributed by atoms with E-state index in [-0.39, 0.29) is 36.0 Å². The lowest BCUT2D eigenvalue weighted by atomic mass is 10.1. The van der Waals surface area contributed by atoms with Crippen molar-refractivity contribution in [2.24, 2.45) is 0 Å². The lowest BCUT2D eigenvalue weighted by molar-refractivity contribution is -0.133. The summed E-state index contributed by atoms with van der Waals surface area (Å²) in [5.41, 5.74) is 0.992. The molecule has 0 aromatic heterocycles. The molecule has 0 aliphatic carbocycles. The summed E-state index contributed by atoms with van der Waals surface area (Å²) in [7, 11) is -1.32. The number of hydrogen-bond donors (Lipinski definition) is 0. The number of carbonyl (C=O) groups is 1. The average molecular weight is 421 g/mol. The van der Waals surface area contributed by atoms with E-state index in [9.17, 15) is 13.2 Å². The molecule has 146 valence electrons. The molecule has 1 aliphatic rings. The third-order valence-electron chi connectivity index (χ3n) is 4.97. The van der Waals surface area contributed by atoms with Gasteiger partial charge in [0, 0.05) is 19.1 Å². The van der Waals surface area contributed by atoms with E-state index in [1.165, 1.54) is 0 Å². The van der Waals surface area contributed by atoms with Crippen LogP contribution in [0.1, 0.15) is 38.3 Å². The van der Waals surface area contributed by atoms with Gasteiger partial charge in [0.15, 0.2) is 9.84 Å². The fraction of sp³-hybridized carbons (Fsp3) is 0.611. The number of sulfone groups is 1. The van der Waals surface area contributed by atoms with Gasteiger partial charge >= 0.3 is 0 Å². The highest BCUT2D eigenvalue weighted by atomic mass is 35.5. The second-order valence-electron chi connectivity index (χ2n) is 6.88. The maximum Gasteiger partial charge on any atom is 0.236 e. The topological polar surface area (TPSA) is 57.7 Å². The molecular weight excluding hydrogens is 395 g/mol. The van der Waals surface area contributed by atoms with Gasteiger partial charge in [-0.15, -0.1) is 0 Å². The molecule has 26 heavy (non-hydrogen) atoms. The van der Waals surface area contributed by atoms with Gasteiger partial charge in [-0.1, -0.05) is 36.2 Å². The molecule has 1 fully saturated rings. The van der Waals surface area contributed by atoms with Crippen LogP contribution >= 0.6 is 23.2 Å². The minimum absolute atomic E-state index is 0.00521. The van der Waals surface area contributed by atoms with Crippen LogP contribution in [0.5, 0.6) is 0 Å². The maximum atomic E-state index is 12.7. The van der Waals surface area contributed by atoms with Crippen LogP contribution in [-0.2, 0) is 14.6 Å². The predicted molar refractivity (Wildman–Crippen MR) is 107 cm³/mol. The van der Waals surface area contributed by atoms with Crippen LogP contribution in [-0.4, -0.2) is 61.8 Å². The van der Waals surface area contributed by atoms with E-state index in [1.807, 2.05) is 19.1 Å². The fourth-order valence-corrected chi connectivity index (χ4v) is 5.33. The molecule has 1 aliphatic heterocycles. The highest BCUT2D eigenvalue weighted by Crippen LogP contribution is 2.28. The minimum Gasteiger partial charge on any atom is -0.341 e. The van der Waals surface area contributed by atoms with E-state index < -0.39 is 9.84 Å². The van der Waals surface area contributed by atoms with Gasteiger partial charge < -0.3 is 4.90 Å². The Morgan fingerprint density at radius 1 is 1.31 bits per heavy atom. The summed E-state index contributed by atoms with van der Waals surface area (Å²) in [5.74, 6) is 0.159. The van der Waals surface area contributed by atoms with Gasteiger partial charge in [0.2, 0.25) is 5.91 Å². The lowest BCUT2D eigenvalue weighted by Gasteiger charge is -2.32. The molecular formula is C18H26Cl2N2O3S. The standard InChI is InChI=1S/C18H26Cl2N2O3S/c1-4-8-22(13(2)14-5-6-16(19)17(20)10-14)11-18(23)21(3)15-7-9-26(24,25)12-15/h5-6,10,13,15H,4,7-9,11-12H2,1-3H3. The number of halogens is 2. The van der Waals surface area contributed by atoms with Crippen molar-refractivity contribution in [2.75, 3.05) is 31.6 Å². The van der Waals surface area contributed by atoms with Gasteiger partial charge in [-0.2, -0.15) is 0 Å². The van der Waals surface area contributed by atoms with Gasteiger partial charge in [0.25, 0.3) is 0 Å². The Morgan fingerprint density at radius 2 is 2.00 bits per heavy atom. The second-order valence-corrected chi connectivity index (χ2v) is 9.92. The van der Waals surface area contributed by atoms with Gasteiger partial charge in [0.05, 0.1) is 28.1 Å². The largest absolute Gasteiger partial charge is 0.341 e. The van der Waals surface area contributed by atoms with Crippen molar-refractivity contribution >= 4 is 38.9 Å². The number of likely N-dealkylation sites (N-methyl/N-ethyl adjacent to an activating group) is 1. The molecule has 1 aromatic carbocycles. The van der Waals surface area contributed by atoms with Crippen molar-refractivity contribution in [3.05, 3.63) is 33.8 Å². The third-order valence-corrected chi connectivity index (χ3v) is 7.46. The summed E-state index contributed by atoms with van der Waals surface area (Å²) in [6, 6.07) is 5.27. The number of hydrogen-bond acceptors (Lipinski definition) is 4. The number of carbonyl (C=O) groups excluding carboxylic acids is 1. The number of amides is 1. The monoisotopic (exact) mass is 420 g/mol. The molecule has 8 heteroatoms. The van der Waals surface area contributed by atoms with Crippen LogP contribution in [0.25, 0.3) is 0 Å². The van der Waals surface area contributed by atoms with Crippen molar-refractivity contribution in [2.45, 2.75) is 38.8 Å². The summed E-state index contributed by atoms with van der Waals surface area (Å²) < 4.78 is 23.3. The first-order chi connectivity index (χ1) is 12.1. The molecule has 0 saturated carbocycles. The first kappa shape index (κ1) is 21.5. The number of rotatable bonds is 7. The van der Waals surface area contributed by atoms with E-state index in [0.29, 0.717) is 16.5 Å². The van der Waals surface area contributed by atoms with Crippen LogP contribution in [0, 0.1) is 0 Å². The molecule has 1 amide bonds. The smallest absolute Gasteiger partial charge is 0.236 e. The number of benzene rings is 1. The van der Waals surface area contributed by atoms with Crippen LogP contribution < -0.4 is 0 Å². The van der Waals surface area contributed by atoms with Crippen molar-refractivity contribution in [1.29, 1.82) is 0 Å². The zero-order chi connectivity index (χ0) is 19.5. The van der Waals surface area contributed by atoms with E-state index >= 15 is 0 Å². The van der Waals surface area contributed by atoms with Crippen molar-refractivity contribution < 1.29 is 13.2 Å². The summed E-state index contributed by atoms with van der Waals surface area (Å²) in [6.07, 6.45) is 1.42. The predicted octanol–water partition coefficient (Wildman–Crippen LogP) is 3.41. The lowest BCUT2D eigenvalue weighted by Crippen LogP contribution is -2.44. The molecule has 1 heterocycles. The summed E-state index contributed by atoms with van der Waals surface area (Å²) in [4.78, 5) is 16.4. The SMILES string of the molecule is CCCN(CC(=O)N(C)C1CCS(=O)(=O)C1)C(C)c1ccc(Cl)c(Cl)c1. The van der Waals surface area contributed by atoms with E-state index in [4.69, 9.17) is 23.2 Å². The Hall–Kier alpha value is -0.820. The van der Waals surface area contributed by atoms with Crippen molar-refractivity contribution in [3.8, 4) is 0 Å². The number of nitrogens with zero attached hydrogens (tertiary/aromatic N) is 2. The fourth-order valence-electron chi connectivity index (χ4n) is 3.25. The zero-order valence-electron chi connectivity index (χ0n) is 15.4. The highest BCUT2D eigenvalue weighted by molar-refractivity contribution is 7.91. The molecule has 1 saturated heterocycles. The zero-order valence-corrected chi connectivity index (χ0v) is 17.7. The van der Waals surface area contributed by atoms with Crippen molar-refractivity contribution in [1.82, 2.24) is 9.80 Å². The summed E-state index contributed by atoms with van der Waals surface area (Å²) in [6.45, 7) is 5.08. The molecule has 0 spiro atoms. The first-order valence-corrected chi connectivity index (χ1v) is 11.4. The molecule has 0 N–H and O–H groups in total. The Bertz CT molecular complexity index is 755. The molecule has 2 unspecified atom stereocenters. The van der Waals surface area contributed by atoms with Crippen LogP contribution in [0.3, 0.4) is 0 Å². The van der Waals surface area contributed by atoms with Crippen LogP contribution in [0.4, 0.5) is 0 Å². The van der Waals surface area contributed by atoms with Gasteiger partial charge in [-0.25, -0.2) is 8.42 Å². The molecule has 0 bridgehead atoms. The molecule has 5 nitrogen and oxygen atoms in total. The third kappa shape index (κ3) is 5.35. The molecule has 1 aromatic rings. The highest BCUT2D eigenvalue weighted by Gasteiger charge is 2.33. The molecule has 0 radical (unpaired) electrons. The second kappa shape index (κ2) is 8.91. The van der Waals surface area contributed by atoms with Crippen molar-refractivity contribution in [3.63, 3.8) is 0 Å². The first-order valence-electron chi connectivity index (χ1n) is 8.79. The van der Waals surface area contributed by atoms with Gasteiger partial charge in [-0.3, -0.25) is 9.69 Å². The minimum atomic E-state index is -3.02. The van der Waals surface area contributed by atoms with Crippen LogP contribution in [0.2, 0.25) is 10.0 Å². The molecule has 2 atom stereocenters. The summed E-state index contributed by atoms with van der Waals surface area (Å²) >= 11 is 12.1. The summed E-state index contributed by atoms with van der Waals surface area (Å²) in [5, 5.41) is 0.995. The Morgan fingerprint density at radius 3 is 2.54 bits per heavy atom. The van der Waals surface area contributed by atoms with E-state index in [1.54, 1.807) is 18.0 Å². The van der Waals surface area contributed by atoms with Gasteiger partial charge in [0.1, 0.15) is 0 Å². The quantitative estimate of drug-likeness (QED) is 0.677. The molecule has 2 rings (SSSR count). The van der Waals surface area contributed by atoms with E-state index in [2.05, 4.69) is 11.8 Å². The normalized spacial score (nSPS) is 20.3. The van der Waals surface area contributed by atoms with Gasteiger partial charge in [-0.05, 0) is 44.0 Å². The Kier molecular flexibility index (Phi) is 7.36. The average Bonchev–Trinajstić information content (AvgIpc) is 2.95. The van der Waals surface area contributed by atoms with Crippen LogP contribution in [0.15, 0.2) is 18.2 Å². The maximum absolute atomic E-state index is 12.7. The Labute approximate surface area is 166 Å².